The molecule has 0 bridgehead atoms. The highest BCUT2D eigenvalue weighted by Crippen LogP contribution is 2.19. The van der Waals surface area contributed by atoms with Crippen molar-refractivity contribution in [2.45, 2.75) is 6.54 Å². The Morgan fingerprint density at radius 1 is 1.56 bits per heavy atom. The lowest BCUT2D eigenvalue weighted by Gasteiger charge is -2.06. The normalized spacial score (nSPS) is 9.78. The van der Waals surface area contributed by atoms with Crippen molar-refractivity contribution in [1.82, 2.24) is 9.55 Å². The standard InChI is InChI=1S/C13H11N3O2/c1-18-13-3-2-10(4-11(13)5-14)6-16-7-12(8-17)15-9-16/h2-4,7-9H,6H2,1H3. The van der Waals surface area contributed by atoms with Gasteiger partial charge in [-0.2, -0.15) is 5.26 Å². The van der Waals surface area contributed by atoms with E-state index in [9.17, 15) is 4.79 Å². The molecule has 0 aliphatic carbocycles. The van der Waals surface area contributed by atoms with Crippen LogP contribution in [0.4, 0.5) is 0 Å². The summed E-state index contributed by atoms with van der Waals surface area (Å²) in [6.07, 6.45) is 3.94. The molecule has 0 aliphatic heterocycles. The first-order valence-corrected chi connectivity index (χ1v) is 5.31. The first kappa shape index (κ1) is 11.9. The van der Waals surface area contributed by atoms with Gasteiger partial charge < -0.3 is 9.30 Å². The van der Waals surface area contributed by atoms with Crippen LogP contribution < -0.4 is 4.74 Å². The summed E-state index contributed by atoms with van der Waals surface area (Å²) >= 11 is 0. The molecule has 1 aromatic carbocycles. The Labute approximate surface area is 104 Å². The summed E-state index contributed by atoms with van der Waals surface area (Å²) in [5.41, 5.74) is 1.83. The zero-order valence-electron chi connectivity index (χ0n) is 9.83. The zero-order chi connectivity index (χ0) is 13.0. The van der Waals surface area contributed by atoms with Gasteiger partial charge in [-0.15, -0.1) is 0 Å². The van der Waals surface area contributed by atoms with E-state index in [0.29, 0.717) is 29.8 Å². The Morgan fingerprint density at radius 2 is 2.39 bits per heavy atom. The van der Waals surface area contributed by atoms with Crippen LogP contribution in [0.3, 0.4) is 0 Å². The van der Waals surface area contributed by atoms with Crippen LogP contribution >= 0.6 is 0 Å². The van der Waals surface area contributed by atoms with Gasteiger partial charge in [-0.1, -0.05) is 6.07 Å². The molecule has 2 aromatic rings. The summed E-state index contributed by atoms with van der Waals surface area (Å²) in [6, 6.07) is 7.48. The highest BCUT2D eigenvalue weighted by Gasteiger charge is 2.04. The number of carbonyl (C=O) groups is 1. The summed E-state index contributed by atoms with van der Waals surface area (Å²) in [6.45, 7) is 0.555. The number of rotatable bonds is 4. The number of benzene rings is 1. The molecular formula is C13H11N3O2. The molecule has 0 saturated heterocycles. The zero-order valence-corrected chi connectivity index (χ0v) is 9.83. The van der Waals surface area contributed by atoms with E-state index in [0.717, 1.165) is 5.56 Å². The van der Waals surface area contributed by atoms with Crippen LogP contribution in [0.1, 0.15) is 21.6 Å². The monoisotopic (exact) mass is 241 g/mol. The number of hydrogen-bond acceptors (Lipinski definition) is 4. The summed E-state index contributed by atoms with van der Waals surface area (Å²) in [5.74, 6) is 0.556. The molecule has 0 spiro atoms. The van der Waals surface area contributed by atoms with Crippen molar-refractivity contribution >= 4 is 6.29 Å². The van der Waals surface area contributed by atoms with Crippen molar-refractivity contribution in [1.29, 1.82) is 5.26 Å². The smallest absolute Gasteiger partial charge is 0.169 e. The van der Waals surface area contributed by atoms with Gasteiger partial charge in [0.05, 0.1) is 19.0 Å². The maximum Gasteiger partial charge on any atom is 0.169 e. The fourth-order valence-corrected chi connectivity index (χ4v) is 1.68. The van der Waals surface area contributed by atoms with Crippen LogP contribution in [0.25, 0.3) is 0 Å². The van der Waals surface area contributed by atoms with Crippen LogP contribution in [0.15, 0.2) is 30.7 Å². The fraction of sp³-hybridized carbons (Fsp3) is 0.154. The molecule has 0 amide bonds. The van der Waals surface area contributed by atoms with E-state index in [1.54, 1.807) is 29.2 Å². The number of aldehydes is 1. The molecule has 0 radical (unpaired) electrons. The van der Waals surface area contributed by atoms with Crippen LogP contribution in [-0.4, -0.2) is 22.9 Å². The molecule has 0 N–H and O–H groups in total. The van der Waals surface area contributed by atoms with Crippen molar-refractivity contribution in [3.8, 4) is 11.8 Å². The fourth-order valence-electron chi connectivity index (χ4n) is 1.68. The van der Waals surface area contributed by atoms with E-state index in [4.69, 9.17) is 10.00 Å². The molecule has 5 heteroatoms. The second-order valence-electron chi connectivity index (χ2n) is 3.74. The van der Waals surface area contributed by atoms with Crippen molar-refractivity contribution in [2.24, 2.45) is 0 Å². The van der Waals surface area contributed by atoms with Gasteiger partial charge in [0, 0.05) is 12.7 Å². The van der Waals surface area contributed by atoms with E-state index in [-0.39, 0.29) is 0 Å². The third-order valence-corrected chi connectivity index (χ3v) is 2.52. The van der Waals surface area contributed by atoms with Gasteiger partial charge in [-0.25, -0.2) is 4.98 Å². The molecule has 0 aliphatic rings. The average molecular weight is 241 g/mol. The second kappa shape index (κ2) is 5.15. The van der Waals surface area contributed by atoms with Crippen molar-refractivity contribution in [3.63, 3.8) is 0 Å². The number of ether oxygens (including phenoxy) is 1. The van der Waals surface area contributed by atoms with E-state index in [1.807, 2.05) is 6.07 Å². The molecule has 0 unspecified atom stereocenters. The molecule has 0 atom stereocenters. The number of aromatic nitrogens is 2. The molecule has 90 valence electrons. The average Bonchev–Trinajstić information content (AvgIpc) is 2.86. The van der Waals surface area contributed by atoms with E-state index in [2.05, 4.69) is 11.1 Å². The lowest BCUT2D eigenvalue weighted by atomic mass is 10.1. The number of hydrogen-bond donors (Lipinski definition) is 0. The van der Waals surface area contributed by atoms with Gasteiger partial charge in [0.15, 0.2) is 6.29 Å². The third-order valence-electron chi connectivity index (χ3n) is 2.52. The van der Waals surface area contributed by atoms with Gasteiger partial charge >= 0.3 is 0 Å². The summed E-state index contributed by atoms with van der Waals surface area (Å²) in [5, 5.41) is 8.99. The highest BCUT2D eigenvalue weighted by atomic mass is 16.5. The Morgan fingerprint density at radius 3 is 3.00 bits per heavy atom. The van der Waals surface area contributed by atoms with Crippen molar-refractivity contribution < 1.29 is 9.53 Å². The van der Waals surface area contributed by atoms with Crippen LogP contribution in [0, 0.1) is 11.3 Å². The second-order valence-corrected chi connectivity index (χ2v) is 3.74. The molecule has 2 rings (SSSR count). The lowest BCUT2D eigenvalue weighted by Crippen LogP contribution is -1.98. The van der Waals surface area contributed by atoms with Crippen molar-refractivity contribution in [3.05, 3.63) is 47.5 Å². The van der Waals surface area contributed by atoms with Gasteiger partial charge in [0.1, 0.15) is 17.5 Å². The minimum Gasteiger partial charge on any atom is -0.495 e. The van der Waals surface area contributed by atoms with Gasteiger partial charge in [0.25, 0.3) is 0 Å². The van der Waals surface area contributed by atoms with Gasteiger partial charge in [0.2, 0.25) is 0 Å². The van der Waals surface area contributed by atoms with Crippen LogP contribution in [0.2, 0.25) is 0 Å². The predicted molar refractivity (Wildman–Crippen MR) is 64.4 cm³/mol. The van der Waals surface area contributed by atoms with Crippen LogP contribution in [-0.2, 0) is 6.54 Å². The largest absolute Gasteiger partial charge is 0.495 e. The summed E-state index contributed by atoms with van der Waals surface area (Å²) in [7, 11) is 1.53. The minimum absolute atomic E-state index is 0.393. The molecule has 0 saturated carbocycles. The van der Waals surface area contributed by atoms with Crippen LogP contribution in [0.5, 0.6) is 5.75 Å². The summed E-state index contributed by atoms with van der Waals surface area (Å²) < 4.78 is 6.86. The van der Waals surface area contributed by atoms with Crippen molar-refractivity contribution in [2.75, 3.05) is 7.11 Å². The number of nitrogens with zero attached hydrogens (tertiary/aromatic N) is 3. The minimum atomic E-state index is 0.393. The maximum atomic E-state index is 10.5. The quantitative estimate of drug-likeness (QED) is 0.763. The highest BCUT2D eigenvalue weighted by molar-refractivity contribution is 5.70. The lowest BCUT2D eigenvalue weighted by molar-refractivity contribution is 0.111. The number of methoxy groups -OCH3 is 1. The predicted octanol–water partition coefficient (Wildman–Crippen LogP) is 1.62. The molecule has 1 aromatic heterocycles. The summed E-state index contributed by atoms with van der Waals surface area (Å²) in [4.78, 5) is 14.4. The topological polar surface area (TPSA) is 67.9 Å². The van der Waals surface area contributed by atoms with E-state index >= 15 is 0 Å². The van der Waals surface area contributed by atoms with E-state index < -0.39 is 0 Å². The molecular weight excluding hydrogens is 230 g/mol. The Balaban J connectivity index is 2.24. The third kappa shape index (κ3) is 2.38. The number of carbonyl (C=O) groups excluding carboxylic acids is 1. The van der Waals surface area contributed by atoms with Gasteiger partial charge in [-0.3, -0.25) is 4.79 Å². The van der Waals surface area contributed by atoms with Gasteiger partial charge in [-0.05, 0) is 17.7 Å². The molecule has 5 nitrogen and oxygen atoms in total. The molecule has 18 heavy (non-hydrogen) atoms. The number of imidazole rings is 1. The SMILES string of the molecule is COc1ccc(Cn2cnc(C=O)c2)cc1C#N. The maximum absolute atomic E-state index is 10.5. The Kier molecular flexibility index (Phi) is 3.39. The molecule has 1 heterocycles. The Hall–Kier alpha value is -2.61. The number of nitriles is 1. The Bertz CT molecular complexity index is 611. The molecule has 0 fully saturated rings. The first-order chi connectivity index (χ1) is 8.76. The van der Waals surface area contributed by atoms with E-state index in [1.165, 1.54) is 7.11 Å². The first-order valence-electron chi connectivity index (χ1n) is 5.31.